The van der Waals surface area contributed by atoms with E-state index in [4.69, 9.17) is 14.4 Å². The molecule has 1 rings (SSSR count). The summed E-state index contributed by atoms with van der Waals surface area (Å²) < 4.78 is 23.6. The van der Waals surface area contributed by atoms with Gasteiger partial charge in [-0.2, -0.15) is 5.26 Å². The van der Waals surface area contributed by atoms with Crippen LogP contribution in [0.4, 0.5) is 0 Å². The molecule has 1 unspecified atom stereocenters. The molecule has 0 aliphatic heterocycles. The van der Waals surface area contributed by atoms with Crippen molar-refractivity contribution >= 4 is 13.5 Å². The highest BCUT2D eigenvalue weighted by atomic mass is 31.2. The van der Waals surface area contributed by atoms with Crippen LogP contribution in [-0.4, -0.2) is 31.1 Å². The highest BCUT2D eigenvalue weighted by Crippen LogP contribution is 2.50. The van der Waals surface area contributed by atoms with E-state index in [1.54, 1.807) is 45.3 Å². The molecule has 0 spiro atoms. The van der Waals surface area contributed by atoms with Crippen LogP contribution in [0, 0.1) is 11.3 Å². The van der Waals surface area contributed by atoms with Crippen molar-refractivity contribution in [3.05, 3.63) is 35.9 Å². The van der Waals surface area contributed by atoms with E-state index in [2.05, 4.69) is 5.16 Å². The molecular formula is C12H16N3O3P. The quantitative estimate of drug-likeness (QED) is 0.455. The van der Waals surface area contributed by atoms with Crippen LogP contribution in [0.15, 0.2) is 35.5 Å². The summed E-state index contributed by atoms with van der Waals surface area (Å²) in [4.78, 5) is 0. The number of nitriles is 1. The highest BCUT2D eigenvalue weighted by Gasteiger charge is 2.29. The molecule has 19 heavy (non-hydrogen) atoms. The van der Waals surface area contributed by atoms with E-state index in [-0.39, 0.29) is 12.3 Å². The first kappa shape index (κ1) is 15.4. The van der Waals surface area contributed by atoms with Gasteiger partial charge in [-0.15, -0.1) is 0 Å². The Kier molecular flexibility index (Phi) is 5.71. The fourth-order valence-corrected chi connectivity index (χ4v) is 2.14. The average Bonchev–Trinajstić information content (AvgIpc) is 2.41. The summed E-state index contributed by atoms with van der Waals surface area (Å²) in [7, 11) is -0.372. The number of benzene rings is 1. The average molecular weight is 281 g/mol. The number of hydrogen-bond acceptors (Lipinski definition) is 5. The zero-order valence-electron chi connectivity index (χ0n) is 11.1. The minimum absolute atomic E-state index is 0.0439. The molecule has 0 saturated carbocycles. The SMILES string of the molecule is CCOP(=O)(O/N=C(\C#N)c1ccccc1)N(C)C. The van der Waals surface area contributed by atoms with Gasteiger partial charge in [-0.05, 0) is 21.0 Å². The van der Waals surface area contributed by atoms with E-state index in [9.17, 15) is 4.57 Å². The Morgan fingerprint density at radius 1 is 1.42 bits per heavy atom. The molecule has 0 heterocycles. The largest absolute Gasteiger partial charge is 0.480 e. The first-order chi connectivity index (χ1) is 9.03. The second kappa shape index (κ2) is 7.05. The van der Waals surface area contributed by atoms with Crippen molar-refractivity contribution in [3.8, 4) is 6.07 Å². The second-order valence-corrected chi connectivity index (χ2v) is 5.89. The summed E-state index contributed by atoms with van der Waals surface area (Å²) in [5.74, 6) is 0. The van der Waals surface area contributed by atoms with Crippen molar-refractivity contribution in [1.82, 2.24) is 4.67 Å². The summed E-state index contributed by atoms with van der Waals surface area (Å²) in [6.45, 7) is 1.92. The van der Waals surface area contributed by atoms with Gasteiger partial charge in [-0.3, -0.25) is 9.15 Å². The van der Waals surface area contributed by atoms with Crippen molar-refractivity contribution in [1.29, 1.82) is 5.26 Å². The van der Waals surface area contributed by atoms with Crippen LogP contribution < -0.4 is 0 Å². The minimum Gasteiger partial charge on any atom is -0.300 e. The third kappa shape index (κ3) is 4.18. The third-order valence-corrected chi connectivity index (χ3v) is 4.02. The van der Waals surface area contributed by atoms with Gasteiger partial charge in [-0.1, -0.05) is 35.5 Å². The van der Waals surface area contributed by atoms with Gasteiger partial charge in [-0.25, -0.2) is 9.24 Å². The van der Waals surface area contributed by atoms with Gasteiger partial charge in [0.15, 0.2) is 5.71 Å². The summed E-state index contributed by atoms with van der Waals surface area (Å²) in [6.07, 6.45) is 0. The maximum absolute atomic E-state index is 12.2. The molecule has 0 saturated heterocycles. The fraction of sp³-hybridized carbons (Fsp3) is 0.333. The topological polar surface area (TPSA) is 74.9 Å². The van der Waals surface area contributed by atoms with E-state index in [1.165, 1.54) is 4.67 Å². The molecule has 0 N–H and O–H groups in total. The monoisotopic (exact) mass is 281 g/mol. The lowest BCUT2D eigenvalue weighted by Crippen LogP contribution is -2.12. The Balaban J connectivity index is 2.95. The smallest absolute Gasteiger partial charge is 0.300 e. The van der Waals surface area contributed by atoms with Crippen LogP contribution in [0.5, 0.6) is 0 Å². The Morgan fingerprint density at radius 2 is 2.05 bits per heavy atom. The van der Waals surface area contributed by atoms with E-state index in [0.717, 1.165) is 0 Å². The molecule has 6 nitrogen and oxygen atoms in total. The summed E-state index contributed by atoms with van der Waals surface area (Å²) >= 11 is 0. The number of nitrogens with zero attached hydrogens (tertiary/aromatic N) is 3. The summed E-state index contributed by atoms with van der Waals surface area (Å²) in [6, 6.07) is 10.7. The standard InChI is InChI=1S/C12H16N3O3P/c1-4-17-19(16,15(2)3)18-14-12(10-13)11-8-6-5-7-9-11/h5-9H,4H2,1-3H3/b14-12+. The Morgan fingerprint density at radius 3 is 2.53 bits per heavy atom. The Hall–Kier alpha value is -1.67. The molecule has 0 aliphatic carbocycles. The van der Waals surface area contributed by atoms with Crippen molar-refractivity contribution in [2.75, 3.05) is 20.7 Å². The molecule has 7 heteroatoms. The third-order valence-electron chi connectivity index (χ3n) is 2.17. The maximum atomic E-state index is 12.2. The van der Waals surface area contributed by atoms with Gasteiger partial charge in [0.25, 0.3) is 0 Å². The van der Waals surface area contributed by atoms with Crippen molar-refractivity contribution in [3.63, 3.8) is 0 Å². The molecule has 0 bridgehead atoms. The van der Waals surface area contributed by atoms with Gasteiger partial charge >= 0.3 is 7.75 Å². The predicted octanol–water partition coefficient (Wildman–Crippen LogP) is 2.64. The van der Waals surface area contributed by atoms with Crippen LogP contribution in [-0.2, 0) is 13.7 Å². The lowest BCUT2D eigenvalue weighted by atomic mass is 10.1. The molecule has 0 amide bonds. The molecule has 102 valence electrons. The zero-order chi connectivity index (χ0) is 14.3. The Labute approximate surface area is 112 Å². The molecule has 0 radical (unpaired) electrons. The first-order valence-corrected chi connectivity index (χ1v) is 7.17. The van der Waals surface area contributed by atoms with Crippen LogP contribution in [0.3, 0.4) is 0 Å². The van der Waals surface area contributed by atoms with Gasteiger partial charge < -0.3 is 0 Å². The Bertz CT molecular complexity index is 523. The van der Waals surface area contributed by atoms with Crippen LogP contribution in [0.2, 0.25) is 0 Å². The van der Waals surface area contributed by atoms with Crippen molar-refractivity contribution < 1.29 is 13.7 Å². The van der Waals surface area contributed by atoms with E-state index < -0.39 is 7.75 Å². The van der Waals surface area contributed by atoms with Gasteiger partial charge in [0.2, 0.25) is 0 Å². The minimum atomic E-state index is -3.48. The summed E-state index contributed by atoms with van der Waals surface area (Å²) in [5, 5.41) is 12.7. The van der Waals surface area contributed by atoms with Crippen LogP contribution >= 0.6 is 7.75 Å². The van der Waals surface area contributed by atoms with Crippen LogP contribution in [0.1, 0.15) is 12.5 Å². The van der Waals surface area contributed by atoms with E-state index in [1.807, 2.05) is 12.1 Å². The zero-order valence-corrected chi connectivity index (χ0v) is 12.0. The van der Waals surface area contributed by atoms with Gasteiger partial charge in [0.05, 0.1) is 6.61 Å². The maximum Gasteiger partial charge on any atom is 0.480 e. The van der Waals surface area contributed by atoms with E-state index >= 15 is 0 Å². The first-order valence-electron chi connectivity index (χ1n) is 5.68. The highest BCUT2D eigenvalue weighted by molar-refractivity contribution is 7.51. The molecule has 1 atom stereocenters. The lowest BCUT2D eigenvalue weighted by Gasteiger charge is -2.20. The fourth-order valence-electron chi connectivity index (χ4n) is 1.20. The predicted molar refractivity (Wildman–Crippen MR) is 72.6 cm³/mol. The normalized spacial score (nSPS) is 14.8. The molecule has 1 aromatic rings. The molecule has 0 fully saturated rings. The molecule has 1 aromatic carbocycles. The summed E-state index contributed by atoms with van der Waals surface area (Å²) in [5.41, 5.74) is 0.634. The van der Waals surface area contributed by atoms with E-state index in [0.29, 0.717) is 5.56 Å². The molecule has 0 aliphatic rings. The molecular weight excluding hydrogens is 265 g/mol. The number of hydrogen-bond donors (Lipinski definition) is 0. The van der Waals surface area contributed by atoms with Gasteiger partial charge in [0.1, 0.15) is 6.07 Å². The number of oxime groups is 1. The molecule has 0 aromatic heterocycles. The lowest BCUT2D eigenvalue weighted by molar-refractivity contribution is 0.184. The van der Waals surface area contributed by atoms with Crippen LogP contribution in [0.25, 0.3) is 0 Å². The van der Waals surface area contributed by atoms with Gasteiger partial charge in [0, 0.05) is 5.56 Å². The second-order valence-electron chi connectivity index (χ2n) is 3.73. The van der Waals surface area contributed by atoms with Crippen molar-refractivity contribution in [2.24, 2.45) is 5.16 Å². The number of rotatable bonds is 6. The van der Waals surface area contributed by atoms with Crippen molar-refractivity contribution in [2.45, 2.75) is 6.92 Å².